The Balaban J connectivity index is 1.19. The lowest BCUT2D eigenvalue weighted by Gasteiger charge is -2.15. The van der Waals surface area contributed by atoms with E-state index in [4.69, 9.17) is 4.98 Å². The maximum Gasteiger partial charge on any atom is 0.145 e. The second-order valence-electron chi connectivity index (χ2n) is 12.3. The number of imidazole rings is 1. The average molecular weight is 597 g/mol. The Bertz CT molecular complexity index is 2670. The van der Waals surface area contributed by atoms with E-state index in [1.54, 1.807) is 0 Å². The van der Waals surface area contributed by atoms with Crippen molar-refractivity contribution in [1.29, 1.82) is 0 Å². The maximum atomic E-state index is 5.15. The summed E-state index contributed by atoms with van der Waals surface area (Å²) < 4.78 is 2.27. The number of fused-ring (bicyclic) bond motifs is 5. The fourth-order valence-electron chi connectivity index (χ4n) is 7.72. The van der Waals surface area contributed by atoms with E-state index in [0.29, 0.717) is 0 Å². The van der Waals surface area contributed by atoms with Crippen LogP contribution in [0.25, 0.3) is 94.2 Å². The molecule has 0 atom stereocenters. The van der Waals surface area contributed by atoms with E-state index in [1.807, 2.05) is 0 Å². The fraction of sp³-hybridized carbons (Fsp3) is 0. The smallest absolute Gasteiger partial charge is 0.145 e. The molecule has 0 spiro atoms. The first kappa shape index (κ1) is 26.0. The monoisotopic (exact) mass is 596 g/mol. The summed E-state index contributed by atoms with van der Waals surface area (Å²) in [5.41, 5.74) is 14.5. The predicted octanol–water partition coefficient (Wildman–Crippen LogP) is 12.0. The molecule has 1 heterocycles. The zero-order valence-electron chi connectivity index (χ0n) is 25.6. The Hall–Kier alpha value is -6.25. The van der Waals surface area contributed by atoms with Gasteiger partial charge in [0, 0.05) is 11.3 Å². The third-order valence-corrected chi connectivity index (χ3v) is 9.72. The van der Waals surface area contributed by atoms with E-state index in [0.717, 1.165) is 28.1 Å². The standard InChI is InChI=1S/C45H28N2/c1-3-13-29(14-4-1)42-35-20-8-7-15-31(35)28-39-37-26-25-34(36-21-12-22-38(43(36)37)44(39)42)30-16-11-17-32(27-30)45-46-40-23-9-10-24-41(40)47(45)33-18-5-2-6-19-33/h1-28H. The number of aromatic nitrogens is 2. The number of hydrogen-bond donors (Lipinski definition) is 0. The number of hydrogen-bond acceptors (Lipinski definition) is 1. The highest BCUT2D eigenvalue weighted by Gasteiger charge is 2.27. The Morgan fingerprint density at radius 1 is 0.404 bits per heavy atom. The molecular formula is C45H28N2. The van der Waals surface area contributed by atoms with Crippen molar-refractivity contribution >= 4 is 32.6 Å². The minimum absolute atomic E-state index is 0.941. The Morgan fingerprint density at radius 2 is 1.09 bits per heavy atom. The molecule has 8 aromatic carbocycles. The second-order valence-corrected chi connectivity index (χ2v) is 12.3. The van der Waals surface area contributed by atoms with Crippen molar-refractivity contribution in [1.82, 2.24) is 9.55 Å². The van der Waals surface area contributed by atoms with Crippen LogP contribution in [0.4, 0.5) is 0 Å². The molecule has 0 N–H and O–H groups in total. The number of rotatable bonds is 4. The van der Waals surface area contributed by atoms with Crippen LogP contribution in [-0.4, -0.2) is 9.55 Å². The zero-order chi connectivity index (χ0) is 30.9. The van der Waals surface area contributed by atoms with Gasteiger partial charge in [-0.3, -0.25) is 4.57 Å². The van der Waals surface area contributed by atoms with E-state index in [1.165, 1.54) is 66.1 Å². The lowest BCUT2D eigenvalue weighted by atomic mass is 9.88. The molecule has 1 aliphatic carbocycles. The van der Waals surface area contributed by atoms with Gasteiger partial charge in [-0.25, -0.2) is 4.98 Å². The summed E-state index contributed by atoms with van der Waals surface area (Å²) >= 11 is 0. The molecule has 47 heavy (non-hydrogen) atoms. The van der Waals surface area contributed by atoms with Crippen LogP contribution in [0.3, 0.4) is 0 Å². The Labute approximate surface area is 272 Å². The summed E-state index contributed by atoms with van der Waals surface area (Å²) in [5.74, 6) is 0.941. The topological polar surface area (TPSA) is 17.8 Å². The second kappa shape index (κ2) is 10.1. The van der Waals surface area contributed by atoms with Crippen LogP contribution in [0.2, 0.25) is 0 Å². The molecular weight excluding hydrogens is 569 g/mol. The maximum absolute atomic E-state index is 5.15. The van der Waals surface area contributed by atoms with Crippen molar-refractivity contribution in [3.63, 3.8) is 0 Å². The van der Waals surface area contributed by atoms with E-state index in [9.17, 15) is 0 Å². The van der Waals surface area contributed by atoms with Gasteiger partial charge in [0.15, 0.2) is 0 Å². The van der Waals surface area contributed by atoms with Gasteiger partial charge in [-0.05, 0) is 102 Å². The molecule has 1 aromatic heterocycles. The molecule has 0 radical (unpaired) electrons. The van der Waals surface area contributed by atoms with Gasteiger partial charge in [0.05, 0.1) is 11.0 Å². The lowest BCUT2D eigenvalue weighted by Crippen LogP contribution is -1.97. The minimum Gasteiger partial charge on any atom is -0.292 e. The average Bonchev–Trinajstić information content (AvgIpc) is 3.69. The van der Waals surface area contributed by atoms with Gasteiger partial charge in [0.25, 0.3) is 0 Å². The molecule has 1 aliphatic rings. The van der Waals surface area contributed by atoms with Crippen molar-refractivity contribution in [3.05, 3.63) is 170 Å². The summed E-state index contributed by atoms with van der Waals surface area (Å²) in [6.07, 6.45) is 0. The fourth-order valence-corrected chi connectivity index (χ4v) is 7.72. The van der Waals surface area contributed by atoms with Crippen LogP contribution in [0.5, 0.6) is 0 Å². The molecule has 0 saturated heterocycles. The highest BCUT2D eigenvalue weighted by atomic mass is 15.1. The molecule has 0 fully saturated rings. The van der Waals surface area contributed by atoms with Crippen molar-refractivity contribution in [2.24, 2.45) is 0 Å². The SMILES string of the molecule is c1ccc(-c2c3c(cc4ccccc24)-c2ccc(-c4cccc(-c5nc6ccccc6n5-c5ccccc5)c4)c4cccc-3c24)cc1. The molecule has 9 aromatic rings. The number of para-hydroxylation sites is 3. The molecule has 218 valence electrons. The normalized spacial score (nSPS) is 11.8. The van der Waals surface area contributed by atoms with Crippen LogP contribution in [-0.2, 0) is 0 Å². The van der Waals surface area contributed by atoms with Gasteiger partial charge in [-0.1, -0.05) is 133 Å². The molecule has 0 unspecified atom stereocenters. The summed E-state index contributed by atoms with van der Waals surface area (Å²) in [7, 11) is 0. The van der Waals surface area contributed by atoms with Gasteiger partial charge >= 0.3 is 0 Å². The Morgan fingerprint density at radius 3 is 1.98 bits per heavy atom. The molecule has 2 heteroatoms. The van der Waals surface area contributed by atoms with Crippen molar-refractivity contribution in [2.45, 2.75) is 0 Å². The van der Waals surface area contributed by atoms with Crippen LogP contribution >= 0.6 is 0 Å². The first-order valence-corrected chi connectivity index (χ1v) is 16.1. The number of nitrogens with zero attached hydrogens (tertiary/aromatic N) is 2. The van der Waals surface area contributed by atoms with E-state index in [-0.39, 0.29) is 0 Å². The first-order valence-electron chi connectivity index (χ1n) is 16.1. The zero-order valence-corrected chi connectivity index (χ0v) is 25.6. The molecule has 2 nitrogen and oxygen atoms in total. The molecule has 0 bridgehead atoms. The van der Waals surface area contributed by atoms with Crippen molar-refractivity contribution in [3.8, 4) is 61.6 Å². The van der Waals surface area contributed by atoms with Gasteiger partial charge in [0.1, 0.15) is 5.82 Å². The minimum atomic E-state index is 0.941. The van der Waals surface area contributed by atoms with Crippen LogP contribution < -0.4 is 0 Å². The summed E-state index contributed by atoms with van der Waals surface area (Å²) in [6, 6.07) is 61.3. The summed E-state index contributed by atoms with van der Waals surface area (Å²) in [4.78, 5) is 5.15. The highest BCUT2D eigenvalue weighted by Crippen LogP contribution is 2.54. The number of benzene rings is 8. The quantitative estimate of drug-likeness (QED) is 0.198. The van der Waals surface area contributed by atoms with Crippen LogP contribution in [0.15, 0.2) is 170 Å². The lowest BCUT2D eigenvalue weighted by molar-refractivity contribution is 1.10. The van der Waals surface area contributed by atoms with E-state index in [2.05, 4.69) is 174 Å². The third kappa shape index (κ3) is 3.89. The largest absolute Gasteiger partial charge is 0.292 e. The van der Waals surface area contributed by atoms with Crippen LogP contribution in [0, 0.1) is 0 Å². The predicted molar refractivity (Wildman–Crippen MR) is 197 cm³/mol. The molecule has 0 amide bonds. The Kier molecular flexibility index (Phi) is 5.61. The summed E-state index contributed by atoms with van der Waals surface area (Å²) in [6.45, 7) is 0. The third-order valence-electron chi connectivity index (χ3n) is 9.72. The first-order chi connectivity index (χ1) is 23.3. The summed E-state index contributed by atoms with van der Waals surface area (Å²) in [5, 5.41) is 5.16. The van der Waals surface area contributed by atoms with Crippen molar-refractivity contribution < 1.29 is 0 Å². The highest BCUT2D eigenvalue weighted by molar-refractivity contribution is 6.24. The van der Waals surface area contributed by atoms with Gasteiger partial charge in [-0.15, -0.1) is 0 Å². The molecule has 0 saturated carbocycles. The van der Waals surface area contributed by atoms with E-state index < -0.39 is 0 Å². The van der Waals surface area contributed by atoms with Gasteiger partial charge in [0.2, 0.25) is 0 Å². The van der Waals surface area contributed by atoms with Crippen LogP contribution in [0.1, 0.15) is 0 Å². The van der Waals surface area contributed by atoms with Gasteiger partial charge < -0.3 is 0 Å². The van der Waals surface area contributed by atoms with Gasteiger partial charge in [-0.2, -0.15) is 0 Å². The van der Waals surface area contributed by atoms with Crippen molar-refractivity contribution in [2.75, 3.05) is 0 Å². The van der Waals surface area contributed by atoms with E-state index >= 15 is 0 Å². The molecule has 0 aliphatic heterocycles. The molecule has 10 rings (SSSR count).